The summed E-state index contributed by atoms with van der Waals surface area (Å²) in [6.45, 7) is 3.73. The highest BCUT2D eigenvalue weighted by Gasteiger charge is 2.05. The van der Waals surface area contributed by atoms with Crippen LogP contribution in [0.25, 0.3) is 0 Å². The number of rotatable bonds is 5. The standard InChI is InChI=1S/C11H16N2O/c1-3-7-13-10(6-8-14-2)4-5-11(13)9-12/h4-5H,3,6-8H2,1-2H3. The van der Waals surface area contributed by atoms with Gasteiger partial charge in [0.1, 0.15) is 11.8 Å². The largest absolute Gasteiger partial charge is 0.384 e. The highest BCUT2D eigenvalue weighted by Crippen LogP contribution is 2.10. The van der Waals surface area contributed by atoms with Gasteiger partial charge < -0.3 is 9.30 Å². The van der Waals surface area contributed by atoms with Gasteiger partial charge in [0.2, 0.25) is 0 Å². The topological polar surface area (TPSA) is 38.0 Å². The number of hydrogen-bond donors (Lipinski definition) is 0. The van der Waals surface area contributed by atoms with Gasteiger partial charge in [-0.05, 0) is 18.6 Å². The van der Waals surface area contributed by atoms with E-state index in [0.29, 0.717) is 6.61 Å². The molecule has 1 heterocycles. The number of methoxy groups -OCH3 is 1. The van der Waals surface area contributed by atoms with Crippen molar-refractivity contribution >= 4 is 0 Å². The van der Waals surface area contributed by atoms with E-state index in [1.807, 2.05) is 12.1 Å². The predicted octanol–water partition coefficient (Wildman–Crippen LogP) is 1.96. The Labute approximate surface area is 84.9 Å². The summed E-state index contributed by atoms with van der Waals surface area (Å²) in [6, 6.07) is 6.08. The molecule has 0 saturated carbocycles. The molecule has 0 N–H and O–H groups in total. The van der Waals surface area contributed by atoms with Gasteiger partial charge in [-0.1, -0.05) is 6.92 Å². The zero-order valence-electron chi connectivity index (χ0n) is 8.79. The molecule has 0 radical (unpaired) electrons. The quantitative estimate of drug-likeness (QED) is 0.715. The Morgan fingerprint density at radius 2 is 2.29 bits per heavy atom. The average molecular weight is 192 g/mol. The fraction of sp³-hybridized carbons (Fsp3) is 0.545. The molecule has 0 saturated heterocycles. The molecule has 0 bridgehead atoms. The van der Waals surface area contributed by atoms with E-state index in [1.54, 1.807) is 7.11 Å². The number of ether oxygens (including phenoxy) is 1. The molecule has 0 spiro atoms. The van der Waals surface area contributed by atoms with Crippen molar-refractivity contribution < 1.29 is 4.74 Å². The molecular formula is C11H16N2O. The summed E-state index contributed by atoms with van der Waals surface area (Å²) in [5, 5.41) is 8.88. The first-order chi connectivity index (χ1) is 6.83. The first-order valence-electron chi connectivity index (χ1n) is 4.91. The van der Waals surface area contributed by atoms with Gasteiger partial charge in [0.05, 0.1) is 6.61 Å². The number of nitriles is 1. The second-order valence-corrected chi connectivity index (χ2v) is 3.22. The molecule has 1 aromatic rings. The third kappa shape index (κ3) is 2.36. The van der Waals surface area contributed by atoms with Gasteiger partial charge in [-0.15, -0.1) is 0 Å². The first kappa shape index (κ1) is 10.8. The van der Waals surface area contributed by atoms with Crippen LogP contribution in [-0.4, -0.2) is 18.3 Å². The summed E-state index contributed by atoms with van der Waals surface area (Å²) in [4.78, 5) is 0. The molecule has 0 aliphatic rings. The van der Waals surface area contributed by atoms with Gasteiger partial charge in [-0.2, -0.15) is 5.26 Å². The Balaban J connectivity index is 2.82. The highest BCUT2D eigenvalue weighted by molar-refractivity contribution is 5.27. The molecule has 0 unspecified atom stereocenters. The molecule has 0 fully saturated rings. The van der Waals surface area contributed by atoms with Crippen molar-refractivity contribution in [3.05, 3.63) is 23.5 Å². The second kappa shape index (κ2) is 5.46. The van der Waals surface area contributed by atoms with Gasteiger partial charge >= 0.3 is 0 Å². The monoisotopic (exact) mass is 192 g/mol. The second-order valence-electron chi connectivity index (χ2n) is 3.22. The maximum Gasteiger partial charge on any atom is 0.120 e. The molecule has 0 atom stereocenters. The fourth-order valence-corrected chi connectivity index (χ4v) is 1.52. The van der Waals surface area contributed by atoms with Crippen molar-refractivity contribution in [1.82, 2.24) is 4.57 Å². The van der Waals surface area contributed by atoms with Crippen molar-refractivity contribution in [1.29, 1.82) is 5.26 Å². The fourth-order valence-electron chi connectivity index (χ4n) is 1.52. The third-order valence-electron chi connectivity index (χ3n) is 2.20. The molecule has 76 valence electrons. The molecule has 0 aliphatic carbocycles. The average Bonchev–Trinajstić information content (AvgIpc) is 2.58. The smallest absolute Gasteiger partial charge is 0.120 e. The zero-order chi connectivity index (χ0) is 10.4. The number of aromatic nitrogens is 1. The van der Waals surface area contributed by atoms with E-state index in [9.17, 15) is 0 Å². The van der Waals surface area contributed by atoms with Crippen molar-refractivity contribution in [3.8, 4) is 6.07 Å². The van der Waals surface area contributed by atoms with Crippen LogP contribution in [0.5, 0.6) is 0 Å². The van der Waals surface area contributed by atoms with E-state index in [0.717, 1.165) is 25.1 Å². The number of hydrogen-bond acceptors (Lipinski definition) is 2. The van der Waals surface area contributed by atoms with E-state index < -0.39 is 0 Å². The van der Waals surface area contributed by atoms with Crippen molar-refractivity contribution in [2.75, 3.05) is 13.7 Å². The van der Waals surface area contributed by atoms with Crippen LogP contribution >= 0.6 is 0 Å². The van der Waals surface area contributed by atoms with Crippen LogP contribution in [0.4, 0.5) is 0 Å². The van der Waals surface area contributed by atoms with Gasteiger partial charge in [0, 0.05) is 25.8 Å². The number of nitrogens with zero attached hydrogens (tertiary/aromatic N) is 2. The summed E-state index contributed by atoms with van der Waals surface area (Å²) in [7, 11) is 1.69. The Morgan fingerprint density at radius 3 is 2.86 bits per heavy atom. The van der Waals surface area contributed by atoms with E-state index in [1.165, 1.54) is 5.69 Å². The molecular weight excluding hydrogens is 176 g/mol. The lowest BCUT2D eigenvalue weighted by Crippen LogP contribution is -2.07. The lowest BCUT2D eigenvalue weighted by atomic mass is 10.3. The minimum atomic E-state index is 0.707. The van der Waals surface area contributed by atoms with Crippen LogP contribution in [0, 0.1) is 11.3 Å². The Morgan fingerprint density at radius 1 is 1.50 bits per heavy atom. The van der Waals surface area contributed by atoms with Crippen molar-refractivity contribution in [2.45, 2.75) is 26.3 Å². The first-order valence-corrected chi connectivity index (χ1v) is 4.91. The summed E-state index contributed by atoms with van der Waals surface area (Å²) >= 11 is 0. The normalized spacial score (nSPS) is 10.1. The van der Waals surface area contributed by atoms with Gasteiger partial charge in [-0.25, -0.2) is 0 Å². The van der Waals surface area contributed by atoms with E-state index in [-0.39, 0.29) is 0 Å². The maximum absolute atomic E-state index is 8.88. The van der Waals surface area contributed by atoms with Crippen LogP contribution < -0.4 is 0 Å². The minimum absolute atomic E-state index is 0.707. The van der Waals surface area contributed by atoms with Crippen LogP contribution in [-0.2, 0) is 17.7 Å². The third-order valence-corrected chi connectivity index (χ3v) is 2.20. The van der Waals surface area contributed by atoms with Crippen LogP contribution in [0.15, 0.2) is 12.1 Å². The molecule has 3 heteroatoms. The molecule has 0 amide bonds. The minimum Gasteiger partial charge on any atom is -0.384 e. The lowest BCUT2D eigenvalue weighted by Gasteiger charge is -2.08. The predicted molar refractivity (Wildman–Crippen MR) is 55.0 cm³/mol. The van der Waals surface area contributed by atoms with Crippen molar-refractivity contribution in [2.24, 2.45) is 0 Å². The Bertz CT molecular complexity index is 323. The van der Waals surface area contributed by atoms with Crippen LogP contribution in [0.1, 0.15) is 24.7 Å². The Kier molecular flexibility index (Phi) is 4.21. The molecule has 14 heavy (non-hydrogen) atoms. The maximum atomic E-state index is 8.88. The lowest BCUT2D eigenvalue weighted by molar-refractivity contribution is 0.200. The highest BCUT2D eigenvalue weighted by atomic mass is 16.5. The summed E-state index contributed by atoms with van der Waals surface area (Å²) in [6.07, 6.45) is 1.92. The molecule has 0 aliphatic heterocycles. The Hall–Kier alpha value is -1.27. The molecule has 1 rings (SSSR count). The van der Waals surface area contributed by atoms with E-state index in [4.69, 9.17) is 10.00 Å². The summed E-state index contributed by atoms with van der Waals surface area (Å²) < 4.78 is 7.09. The van der Waals surface area contributed by atoms with Crippen molar-refractivity contribution in [3.63, 3.8) is 0 Å². The van der Waals surface area contributed by atoms with Gasteiger partial charge in [0.25, 0.3) is 0 Å². The molecule has 3 nitrogen and oxygen atoms in total. The van der Waals surface area contributed by atoms with Crippen LogP contribution in [0.3, 0.4) is 0 Å². The summed E-state index contributed by atoms with van der Waals surface area (Å²) in [5.74, 6) is 0. The zero-order valence-corrected chi connectivity index (χ0v) is 8.79. The van der Waals surface area contributed by atoms with E-state index >= 15 is 0 Å². The van der Waals surface area contributed by atoms with Gasteiger partial charge in [-0.3, -0.25) is 0 Å². The molecule has 1 aromatic heterocycles. The van der Waals surface area contributed by atoms with Gasteiger partial charge in [0.15, 0.2) is 0 Å². The summed E-state index contributed by atoms with van der Waals surface area (Å²) in [5.41, 5.74) is 1.93. The molecule has 0 aromatic carbocycles. The van der Waals surface area contributed by atoms with E-state index in [2.05, 4.69) is 17.6 Å². The van der Waals surface area contributed by atoms with Crippen LogP contribution in [0.2, 0.25) is 0 Å². The SMILES string of the molecule is CCCn1c(C#N)ccc1CCOC.